The fourth-order valence-corrected chi connectivity index (χ4v) is 3.25. The Bertz CT molecular complexity index is 1460. The summed E-state index contributed by atoms with van der Waals surface area (Å²) >= 11 is 0. The highest BCUT2D eigenvalue weighted by atomic mass is 19.1. The molecule has 2 heterocycles. The lowest BCUT2D eigenvalue weighted by Crippen LogP contribution is -2.27. The Labute approximate surface area is 194 Å². The van der Waals surface area contributed by atoms with Crippen molar-refractivity contribution in [1.29, 1.82) is 5.26 Å². The second-order valence-corrected chi connectivity index (χ2v) is 7.28. The van der Waals surface area contributed by atoms with E-state index in [-0.39, 0.29) is 22.8 Å². The molecular weight excluding hydrogens is 435 g/mol. The third-order valence-corrected chi connectivity index (χ3v) is 4.96. The van der Waals surface area contributed by atoms with Gasteiger partial charge in [-0.1, -0.05) is 36.4 Å². The molecule has 0 aliphatic rings. The van der Waals surface area contributed by atoms with Gasteiger partial charge in [0.15, 0.2) is 0 Å². The van der Waals surface area contributed by atoms with E-state index >= 15 is 0 Å². The third-order valence-electron chi connectivity index (χ3n) is 4.96. The zero-order chi connectivity index (χ0) is 23.9. The average molecular weight is 454 g/mol. The zero-order valence-electron chi connectivity index (χ0n) is 17.9. The van der Waals surface area contributed by atoms with Crippen molar-refractivity contribution in [1.82, 2.24) is 14.7 Å². The van der Waals surface area contributed by atoms with Crippen molar-refractivity contribution < 1.29 is 13.9 Å². The highest BCUT2D eigenvalue weighted by molar-refractivity contribution is 6.01. The maximum Gasteiger partial charge on any atom is 0.269 e. The number of aromatic nitrogens is 2. The summed E-state index contributed by atoms with van der Waals surface area (Å²) in [6.07, 6.45) is 3.27. The lowest BCUT2D eigenvalue weighted by molar-refractivity contribution is -0.117. The molecule has 2 aromatic heterocycles. The molecule has 7 nitrogen and oxygen atoms in total. The van der Waals surface area contributed by atoms with Crippen LogP contribution in [0.5, 0.6) is 11.6 Å². The first-order valence-corrected chi connectivity index (χ1v) is 10.4. The zero-order valence-corrected chi connectivity index (χ0v) is 17.9. The monoisotopic (exact) mass is 454 g/mol. The summed E-state index contributed by atoms with van der Waals surface area (Å²) in [6.45, 7) is 0.315. The minimum absolute atomic E-state index is 0.0808. The van der Waals surface area contributed by atoms with Gasteiger partial charge in [-0.05, 0) is 54.5 Å². The van der Waals surface area contributed by atoms with Crippen molar-refractivity contribution in [3.05, 3.63) is 112 Å². The number of nitriles is 1. The summed E-state index contributed by atoms with van der Waals surface area (Å²) in [5.41, 5.74) is 0.479. The largest absolute Gasteiger partial charge is 0.438 e. The van der Waals surface area contributed by atoms with Crippen LogP contribution in [0.3, 0.4) is 0 Å². The molecule has 0 aliphatic heterocycles. The number of pyridine rings is 1. The van der Waals surface area contributed by atoms with E-state index in [0.29, 0.717) is 18.6 Å². The number of fused-ring (bicyclic) bond motifs is 1. The number of ether oxygens (including phenoxy) is 1. The molecule has 0 saturated heterocycles. The Morgan fingerprint density at radius 3 is 2.56 bits per heavy atom. The summed E-state index contributed by atoms with van der Waals surface area (Å²) in [5, 5.41) is 12.3. The number of carbonyl (C=O) groups is 1. The van der Waals surface area contributed by atoms with E-state index in [0.717, 1.165) is 11.6 Å². The number of hydrogen-bond acceptors (Lipinski definition) is 5. The minimum Gasteiger partial charge on any atom is -0.438 e. The van der Waals surface area contributed by atoms with Gasteiger partial charge in [0, 0.05) is 12.7 Å². The van der Waals surface area contributed by atoms with E-state index in [9.17, 15) is 19.2 Å². The normalized spacial score (nSPS) is 11.1. The van der Waals surface area contributed by atoms with Gasteiger partial charge in [-0.3, -0.25) is 14.0 Å². The summed E-state index contributed by atoms with van der Waals surface area (Å²) in [6, 6.07) is 21.6. The lowest BCUT2D eigenvalue weighted by Gasteiger charge is -2.10. The van der Waals surface area contributed by atoms with E-state index in [1.54, 1.807) is 18.2 Å². The van der Waals surface area contributed by atoms with Crippen molar-refractivity contribution in [2.45, 2.75) is 6.42 Å². The summed E-state index contributed by atoms with van der Waals surface area (Å²) < 4.78 is 20.3. The molecule has 0 bridgehead atoms. The predicted molar refractivity (Wildman–Crippen MR) is 125 cm³/mol. The standard InChI is InChI=1S/C26H19FN4O3/c27-20-9-11-21(12-10-20)34-25-22(26(33)31-15-5-4-8-23(31)30-25)16-19(17-28)24(32)29-14-13-18-6-2-1-3-7-18/h1-12,15-16H,13-14H2,(H,29,32)/b19-16+. The molecule has 0 fully saturated rings. The van der Waals surface area contributed by atoms with Gasteiger partial charge in [0.1, 0.15) is 34.4 Å². The van der Waals surface area contributed by atoms with Gasteiger partial charge in [-0.15, -0.1) is 0 Å². The van der Waals surface area contributed by atoms with Crippen LogP contribution in [-0.2, 0) is 11.2 Å². The second-order valence-electron chi connectivity index (χ2n) is 7.28. The Kier molecular flexibility index (Phi) is 6.75. The number of benzene rings is 2. The van der Waals surface area contributed by atoms with Crippen LogP contribution in [0.4, 0.5) is 4.39 Å². The SMILES string of the molecule is N#C/C(=C\c1c(Oc2ccc(F)cc2)nc2ccccn2c1=O)C(=O)NCCc1ccccc1. The fourth-order valence-electron chi connectivity index (χ4n) is 3.25. The quantitative estimate of drug-likeness (QED) is 0.338. The smallest absolute Gasteiger partial charge is 0.269 e. The molecule has 0 saturated carbocycles. The van der Waals surface area contributed by atoms with E-state index < -0.39 is 17.3 Å². The van der Waals surface area contributed by atoms with E-state index in [2.05, 4.69) is 10.3 Å². The third kappa shape index (κ3) is 5.16. The molecular formula is C26H19FN4O3. The molecule has 8 heteroatoms. The van der Waals surface area contributed by atoms with E-state index in [4.69, 9.17) is 4.74 Å². The van der Waals surface area contributed by atoms with Crippen LogP contribution >= 0.6 is 0 Å². The van der Waals surface area contributed by atoms with Crippen LogP contribution in [0.15, 0.2) is 89.4 Å². The maximum absolute atomic E-state index is 13.3. The average Bonchev–Trinajstić information content (AvgIpc) is 2.86. The van der Waals surface area contributed by atoms with Crippen molar-refractivity contribution in [2.75, 3.05) is 6.54 Å². The van der Waals surface area contributed by atoms with E-state index in [1.807, 2.05) is 36.4 Å². The van der Waals surface area contributed by atoms with Crippen molar-refractivity contribution >= 4 is 17.6 Å². The molecule has 0 atom stereocenters. The number of nitrogens with one attached hydrogen (secondary N) is 1. The van der Waals surface area contributed by atoms with Gasteiger partial charge in [0.05, 0.1) is 0 Å². The number of halogens is 1. The topological polar surface area (TPSA) is 96.5 Å². The highest BCUT2D eigenvalue weighted by Gasteiger charge is 2.17. The molecule has 34 heavy (non-hydrogen) atoms. The van der Waals surface area contributed by atoms with Crippen LogP contribution in [0, 0.1) is 17.1 Å². The van der Waals surface area contributed by atoms with Crippen molar-refractivity contribution in [3.8, 4) is 17.7 Å². The Balaban J connectivity index is 1.66. The van der Waals surface area contributed by atoms with E-state index in [1.165, 1.54) is 34.9 Å². The molecule has 168 valence electrons. The Morgan fingerprint density at radius 1 is 1.09 bits per heavy atom. The van der Waals surface area contributed by atoms with Gasteiger partial charge in [0.25, 0.3) is 11.5 Å². The van der Waals surface area contributed by atoms with Crippen LogP contribution in [0.25, 0.3) is 11.7 Å². The Morgan fingerprint density at radius 2 is 1.82 bits per heavy atom. The first kappa shape index (κ1) is 22.4. The molecule has 4 rings (SSSR count). The first-order chi connectivity index (χ1) is 16.5. The maximum atomic E-state index is 13.3. The fraction of sp³-hybridized carbons (Fsp3) is 0.0769. The van der Waals surface area contributed by atoms with Crippen LogP contribution in [0.1, 0.15) is 11.1 Å². The molecule has 0 aliphatic carbocycles. The van der Waals surface area contributed by atoms with Crippen LogP contribution in [0.2, 0.25) is 0 Å². The Hall–Kier alpha value is -4.77. The predicted octanol–water partition coefficient (Wildman–Crippen LogP) is 3.89. The van der Waals surface area contributed by atoms with Gasteiger partial charge < -0.3 is 10.1 Å². The van der Waals surface area contributed by atoms with Gasteiger partial charge in [0.2, 0.25) is 5.88 Å². The van der Waals surface area contributed by atoms with Gasteiger partial charge in [-0.2, -0.15) is 10.2 Å². The number of amides is 1. The molecule has 4 aromatic rings. The van der Waals surface area contributed by atoms with Crippen LogP contribution < -0.4 is 15.6 Å². The van der Waals surface area contributed by atoms with Gasteiger partial charge >= 0.3 is 0 Å². The molecule has 0 spiro atoms. The molecule has 1 N–H and O–H groups in total. The summed E-state index contributed by atoms with van der Waals surface area (Å²) in [7, 11) is 0. The molecule has 0 unspecified atom stereocenters. The first-order valence-electron chi connectivity index (χ1n) is 10.4. The number of hydrogen-bond donors (Lipinski definition) is 1. The van der Waals surface area contributed by atoms with Gasteiger partial charge in [-0.25, -0.2) is 4.39 Å². The highest BCUT2D eigenvalue weighted by Crippen LogP contribution is 2.24. The number of nitrogens with zero attached hydrogens (tertiary/aromatic N) is 3. The van der Waals surface area contributed by atoms with Crippen molar-refractivity contribution in [3.63, 3.8) is 0 Å². The minimum atomic E-state index is -0.622. The number of rotatable bonds is 7. The molecule has 1 amide bonds. The second kappa shape index (κ2) is 10.2. The summed E-state index contributed by atoms with van der Waals surface area (Å²) in [4.78, 5) is 30.2. The van der Waals surface area contributed by atoms with Crippen LogP contribution in [-0.4, -0.2) is 21.8 Å². The number of carbonyl (C=O) groups excluding carboxylic acids is 1. The lowest BCUT2D eigenvalue weighted by atomic mass is 10.1. The van der Waals surface area contributed by atoms with Crippen molar-refractivity contribution in [2.24, 2.45) is 0 Å². The summed E-state index contributed by atoms with van der Waals surface area (Å²) in [5.74, 6) is -0.927. The molecule has 2 aromatic carbocycles. The molecule has 0 radical (unpaired) electrons.